The molecule has 0 atom stereocenters. The average molecular weight is 308 g/mol. The van der Waals surface area contributed by atoms with Crippen LogP contribution in [0.25, 0.3) is 0 Å². The van der Waals surface area contributed by atoms with Crippen LogP contribution in [-0.2, 0) is 4.79 Å². The third-order valence-corrected chi connectivity index (χ3v) is 2.96. The minimum absolute atomic E-state index is 0.00868. The van der Waals surface area contributed by atoms with Crippen LogP contribution in [0.15, 0.2) is 6.07 Å². The van der Waals surface area contributed by atoms with E-state index >= 15 is 0 Å². The van der Waals surface area contributed by atoms with Crippen molar-refractivity contribution >= 4 is 28.8 Å². The summed E-state index contributed by atoms with van der Waals surface area (Å²) in [6.07, 6.45) is 0.383. The van der Waals surface area contributed by atoms with Crippen molar-refractivity contribution in [1.29, 1.82) is 0 Å². The maximum atomic E-state index is 11.8. The first-order chi connectivity index (χ1) is 9.60. The second-order valence-corrected chi connectivity index (χ2v) is 6.55. The van der Waals surface area contributed by atoms with E-state index in [0.717, 1.165) is 22.6 Å². The molecular formula is C15H24N4OS. The molecule has 5 nitrogen and oxygen atoms in total. The number of carbonyl (C=O) groups is 1. The van der Waals surface area contributed by atoms with Gasteiger partial charge in [-0.1, -0.05) is 12.2 Å². The highest BCUT2D eigenvalue weighted by atomic mass is 32.1. The van der Waals surface area contributed by atoms with Gasteiger partial charge < -0.3 is 16.4 Å². The van der Waals surface area contributed by atoms with Gasteiger partial charge in [-0.15, -0.1) is 0 Å². The Labute approximate surface area is 131 Å². The first-order valence-corrected chi connectivity index (χ1v) is 7.34. The number of amides is 1. The molecule has 1 aromatic rings. The van der Waals surface area contributed by atoms with Crippen LogP contribution in [0.2, 0.25) is 0 Å². The Kier molecular flexibility index (Phi) is 5.66. The predicted octanol–water partition coefficient (Wildman–Crippen LogP) is 2.05. The molecular weight excluding hydrogens is 284 g/mol. The Morgan fingerprint density at radius 1 is 1.38 bits per heavy atom. The van der Waals surface area contributed by atoms with E-state index in [9.17, 15) is 4.79 Å². The minimum Gasteiger partial charge on any atom is -0.389 e. The summed E-state index contributed by atoms with van der Waals surface area (Å²) in [5.74, 6) is 0.00868. The first-order valence-electron chi connectivity index (χ1n) is 6.93. The number of rotatable bonds is 5. The third-order valence-electron chi connectivity index (χ3n) is 2.76. The van der Waals surface area contributed by atoms with E-state index in [1.165, 1.54) is 0 Å². The van der Waals surface area contributed by atoms with Crippen molar-refractivity contribution in [3.63, 3.8) is 0 Å². The zero-order chi connectivity index (χ0) is 16.2. The highest BCUT2D eigenvalue weighted by Gasteiger charge is 2.14. The summed E-state index contributed by atoms with van der Waals surface area (Å²) in [6, 6.07) is 1.89. The van der Waals surface area contributed by atoms with E-state index in [1.807, 2.05) is 40.7 Å². The van der Waals surface area contributed by atoms with Crippen LogP contribution in [0.5, 0.6) is 0 Å². The number of anilines is 1. The van der Waals surface area contributed by atoms with Crippen molar-refractivity contribution in [1.82, 2.24) is 10.3 Å². The highest BCUT2D eigenvalue weighted by Crippen LogP contribution is 2.19. The van der Waals surface area contributed by atoms with Gasteiger partial charge in [-0.2, -0.15) is 0 Å². The van der Waals surface area contributed by atoms with E-state index in [2.05, 4.69) is 15.6 Å². The number of nitrogens with zero attached hydrogens (tertiary/aromatic N) is 1. The summed E-state index contributed by atoms with van der Waals surface area (Å²) in [4.78, 5) is 16.5. The van der Waals surface area contributed by atoms with E-state index in [4.69, 9.17) is 18.0 Å². The Bertz CT molecular complexity index is 549. The van der Waals surface area contributed by atoms with Crippen molar-refractivity contribution in [2.45, 2.75) is 46.6 Å². The summed E-state index contributed by atoms with van der Waals surface area (Å²) >= 11 is 5.07. The van der Waals surface area contributed by atoms with Gasteiger partial charge in [0, 0.05) is 35.6 Å². The van der Waals surface area contributed by atoms with E-state index < -0.39 is 0 Å². The molecule has 1 amide bonds. The van der Waals surface area contributed by atoms with Gasteiger partial charge in [0.25, 0.3) is 0 Å². The number of hydrogen-bond donors (Lipinski definition) is 3. The van der Waals surface area contributed by atoms with Crippen molar-refractivity contribution in [2.75, 3.05) is 11.9 Å². The predicted molar refractivity (Wildman–Crippen MR) is 90.6 cm³/mol. The fourth-order valence-corrected chi connectivity index (χ4v) is 2.33. The molecule has 21 heavy (non-hydrogen) atoms. The molecule has 0 saturated heterocycles. The van der Waals surface area contributed by atoms with Crippen molar-refractivity contribution in [3.05, 3.63) is 23.0 Å². The molecule has 1 heterocycles. The number of aryl methyl sites for hydroxylation is 2. The topological polar surface area (TPSA) is 80.0 Å². The zero-order valence-electron chi connectivity index (χ0n) is 13.3. The van der Waals surface area contributed by atoms with E-state index in [0.29, 0.717) is 18.0 Å². The fraction of sp³-hybridized carbons (Fsp3) is 0.533. The number of pyridine rings is 1. The first kappa shape index (κ1) is 17.4. The molecule has 0 radical (unpaired) electrons. The number of thiocarbonyl (C=S) groups is 1. The molecule has 0 bridgehead atoms. The van der Waals surface area contributed by atoms with Gasteiger partial charge in [-0.3, -0.25) is 9.78 Å². The van der Waals surface area contributed by atoms with Crippen LogP contribution >= 0.6 is 12.2 Å². The molecule has 0 unspecified atom stereocenters. The molecule has 0 aliphatic carbocycles. The quantitative estimate of drug-likeness (QED) is 0.726. The molecule has 0 aliphatic heterocycles. The number of aromatic nitrogens is 1. The summed E-state index contributed by atoms with van der Waals surface area (Å²) in [6.45, 7) is 10.2. The fourth-order valence-electron chi connectivity index (χ4n) is 2.07. The van der Waals surface area contributed by atoms with Crippen LogP contribution in [0.4, 0.5) is 5.69 Å². The van der Waals surface area contributed by atoms with Gasteiger partial charge in [0.1, 0.15) is 4.99 Å². The summed E-state index contributed by atoms with van der Waals surface area (Å²) in [7, 11) is 0. The van der Waals surface area contributed by atoms with E-state index in [-0.39, 0.29) is 11.4 Å². The molecule has 0 spiro atoms. The molecule has 0 fully saturated rings. The van der Waals surface area contributed by atoms with Gasteiger partial charge in [0.2, 0.25) is 5.91 Å². The van der Waals surface area contributed by atoms with Gasteiger partial charge in [-0.25, -0.2) is 0 Å². The SMILES string of the molecule is Cc1cc(NCCC(=O)NC(C)(C)C)c(C(N)=S)c(C)n1. The summed E-state index contributed by atoms with van der Waals surface area (Å²) in [5, 5.41) is 6.15. The Balaban J connectivity index is 2.72. The molecule has 1 aromatic heterocycles. The number of nitrogens with two attached hydrogens (primary N) is 1. The highest BCUT2D eigenvalue weighted by molar-refractivity contribution is 7.80. The lowest BCUT2D eigenvalue weighted by Gasteiger charge is -2.21. The second kappa shape index (κ2) is 6.85. The summed E-state index contributed by atoms with van der Waals surface area (Å²) in [5.41, 5.74) is 8.79. The van der Waals surface area contributed by atoms with Crippen LogP contribution in [0.1, 0.15) is 44.1 Å². The lowest BCUT2D eigenvalue weighted by Crippen LogP contribution is -2.41. The average Bonchev–Trinajstić information content (AvgIpc) is 2.24. The van der Waals surface area contributed by atoms with Gasteiger partial charge in [-0.05, 0) is 40.7 Å². The largest absolute Gasteiger partial charge is 0.389 e. The molecule has 116 valence electrons. The van der Waals surface area contributed by atoms with Crippen molar-refractivity contribution in [3.8, 4) is 0 Å². The number of carbonyl (C=O) groups excluding carboxylic acids is 1. The normalized spacial score (nSPS) is 11.1. The van der Waals surface area contributed by atoms with Crippen molar-refractivity contribution < 1.29 is 4.79 Å². The minimum atomic E-state index is -0.217. The summed E-state index contributed by atoms with van der Waals surface area (Å²) < 4.78 is 0. The Morgan fingerprint density at radius 2 is 2.00 bits per heavy atom. The van der Waals surface area contributed by atoms with Gasteiger partial charge >= 0.3 is 0 Å². The van der Waals surface area contributed by atoms with Crippen molar-refractivity contribution in [2.24, 2.45) is 5.73 Å². The van der Waals surface area contributed by atoms with Gasteiger partial charge in [0.05, 0.1) is 5.56 Å². The Morgan fingerprint density at radius 3 is 2.52 bits per heavy atom. The zero-order valence-corrected chi connectivity index (χ0v) is 14.1. The maximum Gasteiger partial charge on any atom is 0.222 e. The van der Waals surface area contributed by atoms with Crippen LogP contribution in [-0.4, -0.2) is 28.0 Å². The van der Waals surface area contributed by atoms with E-state index in [1.54, 1.807) is 0 Å². The molecule has 4 N–H and O–H groups in total. The molecule has 6 heteroatoms. The second-order valence-electron chi connectivity index (χ2n) is 6.11. The third kappa shape index (κ3) is 5.67. The monoisotopic (exact) mass is 308 g/mol. The Hall–Kier alpha value is -1.69. The lowest BCUT2D eigenvalue weighted by molar-refractivity contribution is -0.122. The number of hydrogen-bond acceptors (Lipinski definition) is 4. The lowest BCUT2D eigenvalue weighted by atomic mass is 10.1. The molecule has 1 rings (SSSR count). The standard InChI is InChI=1S/C15H24N4OS/c1-9-8-11(13(14(16)21)10(2)18-9)17-7-6-12(20)19-15(3,4)5/h8H,6-7H2,1-5H3,(H2,16,21)(H,17,18)(H,19,20). The number of nitrogens with one attached hydrogen (secondary N) is 2. The maximum absolute atomic E-state index is 11.8. The van der Waals surface area contributed by atoms with Crippen LogP contribution in [0.3, 0.4) is 0 Å². The van der Waals surface area contributed by atoms with Crippen LogP contribution < -0.4 is 16.4 Å². The molecule has 0 aliphatic rings. The molecule has 0 aromatic carbocycles. The molecule has 0 saturated carbocycles. The van der Waals surface area contributed by atoms with Crippen LogP contribution in [0, 0.1) is 13.8 Å². The van der Waals surface area contributed by atoms with Gasteiger partial charge in [0.15, 0.2) is 0 Å². The smallest absolute Gasteiger partial charge is 0.222 e.